The van der Waals surface area contributed by atoms with Gasteiger partial charge in [0.05, 0.1) is 12.7 Å². The van der Waals surface area contributed by atoms with E-state index in [0.717, 1.165) is 0 Å². The number of alkyl halides is 3. The van der Waals surface area contributed by atoms with E-state index in [1.54, 1.807) is 11.0 Å². The number of pyridine rings is 1. The normalized spacial score (nSPS) is 18.6. The molecule has 1 saturated heterocycles. The van der Waals surface area contributed by atoms with Gasteiger partial charge in [-0.2, -0.15) is 13.2 Å². The monoisotopic (exact) mass is 333 g/mol. The fourth-order valence-electron chi connectivity index (χ4n) is 2.09. The Labute approximate surface area is 131 Å². The number of carbonyl (C=O) groups excluding carboxylic acids is 1. The highest BCUT2D eigenvalue weighted by Crippen LogP contribution is 2.17. The van der Waals surface area contributed by atoms with Crippen molar-refractivity contribution in [2.24, 2.45) is 0 Å². The lowest BCUT2D eigenvalue weighted by atomic mass is 10.2. The second-order valence-corrected chi connectivity index (χ2v) is 5.19. The van der Waals surface area contributed by atoms with E-state index in [-0.39, 0.29) is 24.6 Å². The molecule has 0 saturated carbocycles. The van der Waals surface area contributed by atoms with Gasteiger partial charge in [0.2, 0.25) is 5.88 Å². The predicted molar refractivity (Wildman–Crippen MR) is 75.0 cm³/mol. The first-order chi connectivity index (χ1) is 10.8. The highest BCUT2D eigenvalue weighted by Gasteiger charge is 2.28. The van der Waals surface area contributed by atoms with Gasteiger partial charge in [-0.1, -0.05) is 0 Å². The van der Waals surface area contributed by atoms with E-state index >= 15 is 0 Å². The van der Waals surface area contributed by atoms with Crippen molar-refractivity contribution in [1.29, 1.82) is 0 Å². The van der Waals surface area contributed by atoms with Gasteiger partial charge in [-0.15, -0.1) is 0 Å². The minimum atomic E-state index is -4.42. The molecular formula is C14H18F3N3O3. The van der Waals surface area contributed by atoms with E-state index in [1.807, 2.05) is 6.92 Å². The fourth-order valence-corrected chi connectivity index (χ4v) is 2.09. The van der Waals surface area contributed by atoms with E-state index in [2.05, 4.69) is 15.0 Å². The number of nitrogens with zero attached hydrogens (tertiary/aromatic N) is 2. The summed E-state index contributed by atoms with van der Waals surface area (Å²) in [5.41, 5.74) is 0.604. The number of carbonyl (C=O) groups is 1. The Balaban J connectivity index is 1.84. The van der Waals surface area contributed by atoms with Crippen LogP contribution >= 0.6 is 0 Å². The molecule has 9 heteroatoms. The minimum absolute atomic E-state index is 0.0159. The molecule has 0 unspecified atom stereocenters. The van der Waals surface area contributed by atoms with Crippen molar-refractivity contribution in [3.05, 3.63) is 23.9 Å². The highest BCUT2D eigenvalue weighted by molar-refractivity contribution is 5.74. The maximum absolute atomic E-state index is 12.1. The Bertz CT molecular complexity index is 539. The summed E-state index contributed by atoms with van der Waals surface area (Å²) in [6.07, 6.45) is -3.10. The maximum atomic E-state index is 12.1. The van der Waals surface area contributed by atoms with Crippen LogP contribution in [0.5, 0.6) is 5.88 Å². The van der Waals surface area contributed by atoms with Crippen LogP contribution in [0.3, 0.4) is 0 Å². The summed E-state index contributed by atoms with van der Waals surface area (Å²) in [5, 5.41) is 2.71. The van der Waals surface area contributed by atoms with Crippen LogP contribution in [0.2, 0.25) is 0 Å². The maximum Gasteiger partial charge on any atom is 0.422 e. The molecule has 1 aliphatic rings. The molecule has 2 rings (SSSR count). The van der Waals surface area contributed by atoms with Gasteiger partial charge in [0, 0.05) is 31.9 Å². The first-order valence-corrected chi connectivity index (χ1v) is 7.12. The summed E-state index contributed by atoms with van der Waals surface area (Å²) in [6.45, 7) is 2.15. The van der Waals surface area contributed by atoms with Crippen molar-refractivity contribution in [2.45, 2.75) is 25.7 Å². The zero-order valence-corrected chi connectivity index (χ0v) is 12.6. The third kappa shape index (κ3) is 5.93. The number of hydrogen-bond acceptors (Lipinski definition) is 4. The van der Waals surface area contributed by atoms with E-state index in [9.17, 15) is 18.0 Å². The second kappa shape index (κ2) is 7.49. The molecule has 6 nitrogen and oxygen atoms in total. The van der Waals surface area contributed by atoms with Crippen LogP contribution in [-0.4, -0.2) is 54.5 Å². The van der Waals surface area contributed by atoms with E-state index in [1.165, 1.54) is 12.3 Å². The number of urea groups is 1. The summed E-state index contributed by atoms with van der Waals surface area (Å²) >= 11 is 0. The molecule has 0 aromatic carbocycles. The number of rotatable bonds is 4. The fraction of sp³-hybridized carbons (Fsp3) is 0.571. The van der Waals surface area contributed by atoms with Crippen LogP contribution in [0.15, 0.2) is 18.3 Å². The first kappa shape index (κ1) is 17.3. The lowest BCUT2D eigenvalue weighted by Crippen LogP contribution is -2.48. The lowest BCUT2D eigenvalue weighted by molar-refractivity contribution is -0.154. The van der Waals surface area contributed by atoms with Crippen LogP contribution < -0.4 is 10.1 Å². The van der Waals surface area contributed by atoms with Crippen LogP contribution in [-0.2, 0) is 11.3 Å². The lowest BCUT2D eigenvalue weighted by Gasteiger charge is -2.31. The molecule has 0 radical (unpaired) electrons. The Morgan fingerprint density at radius 3 is 3.04 bits per heavy atom. The Kier molecular flexibility index (Phi) is 5.64. The highest BCUT2D eigenvalue weighted by atomic mass is 19.4. The smallest absolute Gasteiger partial charge is 0.422 e. The average Bonchev–Trinajstić information content (AvgIpc) is 2.50. The van der Waals surface area contributed by atoms with Gasteiger partial charge >= 0.3 is 12.2 Å². The predicted octanol–water partition coefficient (Wildman–Crippen LogP) is 1.95. The van der Waals surface area contributed by atoms with E-state index in [0.29, 0.717) is 25.3 Å². The molecule has 1 N–H and O–H groups in total. The van der Waals surface area contributed by atoms with Crippen molar-refractivity contribution in [3.63, 3.8) is 0 Å². The third-order valence-corrected chi connectivity index (χ3v) is 3.15. The SMILES string of the molecule is C[C@H]1CN(C(=O)NCc2ccnc(OCC(F)(F)F)c2)CCO1. The zero-order valence-electron chi connectivity index (χ0n) is 12.6. The summed E-state index contributed by atoms with van der Waals surface area (Å²) in [7, 11) is 0. The number of nitrogens with one attached hydrogen (secondary N) is 1. The second-order valence-electron chi connectivity index (χ2n) is 5.19. The minimum Gasteiger partial charge on any atom is -0.468 e. The molecule has 2 amide bonds. The summed E-state index contributed by atoms with van der Waals surface area (Å²) in [5.74, 6) is -0.130. The van der Waals surface area contributed by atoms with Crippen LogP contribution in [0.1, 0.15) is 12.5 Å². The van der Waals surface area contributed by atoms with Gasteiger partial charge in [-0.3, -0.25) is 0 Å². The van der Waals surface area contributed by atoms with Gasteiger partial charge in [-0.05, 0) is 18.6 Å². The summed E-state index contributed by atoms with van der Waals surface area (Å²) in [4.78, 5) is 17.4. The molecule has 0 aliphatic carbocycles. The molecule has 128 valence electrons. The molecule has 0 spiro atoms. The zero-order chi connectivity index (χ0) is 16.9. The molecule has 1 aliphatic heterocycles. The molecular weight excluding hydrogens is 315 g/mol. The standard InChI is InChI=1S/C14H18F3N3O3/c1-10-8-20(4-5-22-10)13(21)19-7-11-2-3-18-12(6-11)23-9-14(15,16)17/h2-3,6,10H,4-5,7-9H2,1H3,(H,19,21)/t10-/m0/s1. The topological polar surface area (TPSA) is 63.7 Å². The number of amides is 2. The number of aromatic nitrogens is 1. The van der Waals surface area contributed by atoms with E-state index in [4.69, 9.17) is 4.74 Å². The first-order valence-electron chi connectivity index (χ1n) is 7.12. The van der Waals surface area contributed by atoms with Crippen molar-refractivity contribution in [2.75, 3.05) is 26.3 Å². The Morgan fingerprint density at radius 2 is 2.35 bits per heavy atom. The molecule has 23 heavy (non-hydrogen) atoms. The molecule has 1 fully saturated rings. The molecule has 1 aromatic rings. The molecule has 1 aromatic heterocycles. The van der Waals surface area contributed by atoms with Gasteiger partial charge < -0.3 is 19.7 Å². The van der Waals surface area contributed by atoms with Crippen LogP contribution in [0, 0.1) is 0 Å². The van der Waals surface area contributed by atoms with Crippen molar-refractivity contribution >= 4 is 6.03 Å². The summed E-state index contributed by atoms with van der Waals surface area (Å²) < 4.78 is 46.2. The van der Waals surface area contributed by atoms with Crippen LogP contribution in [0.25, 0.3) is 0 Å². The van der Waals surface area contributed by atoms with Gasteiger partial charge in [0.1, 0.15) is 0 Å². The van der Waals surface area contributed by atoms with Crippen LogP contribution in [0.4, 0.5) is 18.0 Å². The molecule has 1 atom stereocenters. The van der Waals surface area contributed by atoms with Gasteiger partial charge in [-0.25, -0.2) is 9.78 Å². The number of halogens is 3. The number of ether oxygens (including phenoxy) is 2. The van der Waals surface area contributed by atoms with Crippen molar-refractivity contribution < 1.29 is 27.4 Å². The Hall–Kier alpha value is -2.03. The van der Waals surface area contributed by atoms with Gasteiger partial charge in [0.15, 0.2) is 6.61 Å². The average molecular weight is 333 g/mol. The third-order valence-electron chi connectivity index (χ3n) is 3.15. The largest absolute Gasteiger partial charge is 0.468 e. The molecule has 2 heterocycles. The van der Waals surface area contributed by atoms with Crippen molar-refractivity contribution in [1.82, 2.24) is 15.2 Å². The van der Waals surface area contributed by atoms with Gasteiger partial charge in [0.25, 0.3) is 0 Å². The summed E-state index contributed by atoms with van der Waals surface area (Å²) in [6, 6.07) is 2.73. The number of hydrogen-bond donors (Lipinski definition) is 1. The van der Waals surface area contributed by atoms with E-state index < -0.39 is 12.8 Å². The van der Waals surface area contributed by atoms with Crippen molar-refractivity contribution in [3.8, 4) is 5.88 Å². The quantitative estimate of drug-likeness (QED) is 0.915. The Morgan fingerprint density at radius 1 is 1.57 bits per heavy atom. The number of morpholine rings is 1. The molecule has 0 bridgehead atoms.